The summed E-state index contributed by atoms with van der Waals surface area (Å²) in [6.07, 6.45) is 0. The van der Waals surface area contributed by atoms with Crippen LogP contribution in [0.15, 0.2) is 23.1 Å². The number of rotatable bonds is 7. The molecule has 0 fully saturated rings. The van der Waals surface area contributed by atoms with Gasteiger partial charge in [0.15, 0.2) is 0 Å². The van der Waals surface area contributed by atoms with E-state index in [-0.39, 0.29) is 0 Å². The third-order valence-electron chi connectivity index (χ3n) is 2.17. The lowest BCUT2D eigenvalue weighted by Gasteiger charge is -2.14. The number of hydroxylamine groups is 2. The number of benzene rings is 1. The second kappa shape index (κ2) is 7.39. The van der Waals surface area contributed by atoms with Gasteiger partial charge in [0.1, 0.15) is 5.75 Å². The summed E-state index contributed by atoms with van der Waals surface area (Å²) in [6.45, 7) is 5.51. The number of nitrogens with zero attached hydrogens (tertiary/aromatic N) is 1. The molecule has 0 spiro atoms. The molecule has 0 saturated carbocycles. The van der Waals surface area contributed by atoms with E-state index >= 15 is 0 Å². The van der Waals surface area contributed by atoms with Crippen LogP contribution < -0.4 is 10.5 Å². The van der Waals surface area contributed by atoms with Crippen molar-refractivity contribution in [1.82, 2.24) is 5.06 Å². The summed E-state index contributed by atoms with van der Waals surface area (Å²) in [7, 11) is 1.58. The van der Waals surface area contributed by atoms with E-state index in [1.807, 2.05) is 19.9 Å². The average molecular weight is 258 g/mol. The maximum absolute atomic E-state index is 5.77. The summed E-state index contributed by atoms with van der Waals surface area (Å²) in [5, 5.41) is 1.69. The van der Waals surface area contributed by atoms with E-state index in [1.165, 1.54) is 0 Å². The molecule has 0 aliphatic rings. The fourth-order valence-corrected chi connectivity index (χ4v) is 1.68. The first kappa shape index (κ1) is 14.1. The lowest BCUT2D eigenvalue weighted by molar-refractivity contribution is -0.357. The van der Waals surface area contributed by atoms with Gasteiger partial charge in [-0.25, -0.2) is 0 Å². The van der Waals surface area contributed by atoms with Crippen LogP contribution in [-0.4, -0.2) is 25.3 Å². The molecule has 96 valence electrons. The van der Waals surface area contributed by atoms with Crippen LogP contribution in [0.2, 0.25) is 0 Å². The van der Waals surface area contributed by atoms with E-state index in [0.717, 1.165) is 30.0 Å². The van der Waals surface area contributed by atoms with Gasteiger partial charge in [-0.2, -0.15) is 5.06 Å². The van der Waals surface area contributed by atoms with Gasteiger partial charge in [0.25, 0.3) is 0 Å². The van der Waals surface area contributed by atoms with Crippen molar-refractivity contribution >= 4 is 17.7 Å². The maximum Gasteiger partial charge on any atom is 0.141 e. The smallest absolute Gasteiger partial charge is 0.141 e. The van der Waals surface area contributed by atoms with E-state index in [2.05, 4.69) is 0 Å². The minimum atomic E-state index is 0.573. The van der Waals surface area contributed by atoms with Crippen LogP contribution in [0.25, 0.3) is 0 Å². The summed E-state index contributed by atoms with van der Waals surface area (Å²) in [6, 6.07) is 5.42. The summed E-state index contributed by atoms with van der Waals surface area (Å²) in [5.41, 5.74) is 6.34. The van der Waals surface area contributed by atoms with Crippen molar-refractivity contribution in [3.8, 4) is 5.75 Å². The van der Waals surface area contributed by atoms with Crippen LogP contribution in [0.3, 0.4) is 0 Å². The lowest BCUT2D eigenvalue weighted by Crippen LogP contribution is -2.22. The molecule has 5 nitrogen and oxygen atoms in total. The zero-order chi connectivity index (χ0) is 12.7. The molecule has 2 N–H and O–H groups in total. The van der Waals surface area contributed by atoms with E-state index < -0.39 is 0 Å². The Morgan fingerprint density at radius 1 is 1.29 bits per heavy atom. The second-order valence-electron chi connectivity index (χ2n) is 3.24. The highest BCUT2D eigenvalue weighted by Gasteiger charge is 2.04. The highest BCUT2D eigenvalue weighted by Crippen LogP contribution is 2.28. The van der Waals surface area contributed by atoms with Crippen molar-refractivity contribution in [3.63, 3.8) is 0 Å². The highest BCUT2D eigenvalue weighted by atomic mass is 32.2. The molecule has 0 aliphatic carbocycles. The number of nitrogens with two attached hydrogens (primary N) is 1. The minimum Gasteiger partial charge on any atom is -0.495 e. The zero-order valence-corrected chi connectivity index (χ0v) is 11.1. The fourth-order valence-electron chi connectivity index (χ4n) is 1.19. The summed E-state index contributed by atoms with van der Waals surface area (Å²) >= 11 is 1.11. The molecule has 0 amide bonds. The van der Waals surface area contributed by atoms with Crippen molar-refractivity contribution < 1.29 is 14.1 Å². The Morgan fingerprint density at radius 2 is 2.00 bits per heavy atom. The van der Waals surface area contributed by atoms with Gasteiger partial charge >= 0.3 is 0 Å². The normalized spacial score (nSPS) is 10.8. The van der Waals surface area contributed by atoms with E-state index in [1.54, 1.807) is 24.3 Å². The van der Waals surface area contributed by atoms with Crippen LogP contribution in [0, 0.1) is 0 Å². The standard InChI is InChI=1S/C11H18N2O3S/c1-4-13(5-2)15-16-17-9-6-7-11(14-3)10(12)8-9/h6-8H,4-5,12H2,1-3H3. The molecule has 17 heavy (non-hydrogen) atoms. The Balaban J connectivity index is 2.44. The number of methoxy groups -OCH3 is 1. The molecule has 0 heterocycles. The minimum absolute atomic E-state index is 0.573. The van der Waals surface area contributed by atoms with Crippen LogP contribution in [0.1, 0.15) is 13.8 Å². The molecule has 6 heteroatoms. The summed E-state index contributed by atoms with van der Waals surface area (Å²) in [5.74, 6) is 0.652. The van der Waals surface area contributed by atoms with Crippen molar-refractivity contribution in [2.24, 2.45) is 0 Å². The van der Waals surface area contributed by atoms with Gasteiger partial charge in [0.2, 0.25) is 0 Å². The van der Waals surface area contributed by atoms with Gasteiger partial charge in [-0.05, 0) is 32.0 Å². The molecule has 0 radical (unpaired) electrons. The van der Waals surface area contributed by atoms with E-state index in [4.69, 9.17) is 19.8 Å². The predicted octanol–water partition coefficient (Wildman–Crippen LogP) is 2.49. The van der Waals surface area contributed by atoms with Crippen molar-refractivity contribution in [1.29, 1.82) is 0 Å². The second-order valence-corrected chi connectivity index (χ2v) is 4.02. The topological polar surface area (TPSA) is 57.0 Å². The van der Waals surface area contributed by atoms with Crippen molar-refractivity contribution in [3.05, 3.63) is 18.2 Å². The molecule has 0 unspecified atom stereocenters. The zero-order valence-electron chi connectivity index (χ0n) is 10.3. The number of anilines is 1. The SMILES string of the molecule is CCN(CC)OOSc1ccc(OC)c(N)c1. The van der Waals surface area contributed by atoms with Crippen LogP contribution in [0.4, 0.5) is 5.69 Å². The van der Waals surface area contributed by atoms with Gasteiger partial charge in [-0.1, -0.05) is 0 Å². The number of ether oxygens (including phenoxy) is 1. The van der Waals surface area contributed by atoms with Crippen LogP contribution in [-0.2, 0) is 9.32 Å². The number of hydrogen-bond donors (Lipinski definition) is 1. The molecule has 1 aromatic carbocycles. The summed E-state index contributed by atoms with van der Waals surface area (Å²) < 4.78 is 10.1. The van der Waals surface area contributed by atoms with E-state index in [9.17, 15) is 0 Å². The molecule has 0 bridgehead atoms. The number of nitrogen functional groups attached to an aromatic ring is 1. The molecule has 1 aromatic rings. The molecular weight excluding hydrogens is 240 g/mol. The molecule has 0 aromatic heterocycles. The first-order valence-electron chi connectivity index (χ1n) is 5.41. The Morgan fingerprint density at radius 3 is 2.53 bits per heavy atom. The predicted molar refractivity (Wildman–Crippen MR) is 68.4 cm³/mol. The lowest BCUT2D eigenvalue weighted by atomic mass is 10.3. The van der Waals surface area contributed by atoms with Gasteiger partial charge in [-0.3, -0.25) is 0 Å². The molecule has 1 rings (SSSR count). The third kappa shape index (κ3) is 4.43. The summed E-state index contributed by atoms with van der Waals surface area (Å²) in [4.78, 5) is 5.92. The van der Waals surface area contributed by atoms with Crippen LogP contribution in [0.5, 0.6) is 5.75 Å². The average Bonchev–Trinajstić information content (AvgIpc) is 2.35. The Bertz CT molecular complexity index is 345. The van der Waals surface area contributed by atoms with Crippen molar-refractivity contribution in [2.45, 2.75) is 18.7 Å². The first-order valence-corrected chi connectivity index (χ1v) is 6.15. The Labute approximate surface area is 106 Å². The largest absolute Gasteiger partial charge is 0.495 e. The molecule has 0 aliphatic heterocycles. The Hall–Kier alpha value is -0.950. The fraction of sp³-hybridized carbons (Fsp3) is 0.455. The number of hydrogen-bond acceptors (Lipinski definition) is 6. The monoisotopic (exact) mass is 258 g/mol. The van der Waals surface area contributed by atoms with E-state index in [0.29, 0.717) is 11.4 Å². The van der Waals surface area contributed by atoms with Gasteiger partial charge in [-0.15, -0.1) is 9.32 Å². The van der Waals surface area contributed by atoms with Crippen molar-refractivity contribution in [2.75, 3.05) is 25.9 Å². The highest BCUT2D eigenvalue weighted by molar-refractivity contribution is 7.94. The first-order chi connectivity index (χ1) is 8.21. The third-order valence-corrected chi connectivity index (χ3v) is 2.75. The molecular formula is C11H18N2O3S. The van der Waals surface area contributed by atoms with Gasteiger partial charge in [0, 0.05) is 18.0 Å². The van der Waals surface area contributed by atoms with Gasteiger partial charge < -0.3 is 10.5 Å². The van der Waals surface area contributed by atoms with Gasteiger partial charge in [0.05, 0.1) is 24.8 Å². The van der Waals surface area contributed by atoms with Crippen LogP contribution >= 0.6 is 12.0 Å². The molecule has 0 atom stereocenters. The quantitative estimate of drug-likeness (QED) is 0.351. The molecule has 0 saturated heterocycles. The Kier molecular flexibility index (Phi) is 6.13. The maximum atomic E-state index is 5.77.